The van der Waals surface area contributed by atoms with Crippen LogP contribution in [0.2, 0.25) is 0 Å². The number of hydrogen-bond donors (Lipinski definition) is 1. The number of rotatable bonds is 6. The SMILES string of the molecule is COc1ccc(C(C)(c2ccccc2)c2ccc(CO)cc2)cc1OC. The molecule has 26 heavy (non-hydrogen) atoms. The number of methoxy groups -OCH3 is 2. The van der Waals surface area contributed by atoms with Crippen molar-refractivity contribution in [2.24, 2.45) is 0 Å². The molecule has 1 N–H and O–H groups in total. The van der Waals surface area contributed by atoms with Crippen molar-refractivity contribution in [1.82, 2.24) is 0 Å². The quantitative estimate of drug-likeness (QED) is 0.664. The summed E-state index contributed by atoms with van der Waals surface area (Å²) in [7, 11) is 3.29. The van der Waals surface area contributed by atoms with Crippen molar-refractivity contribution in [1.29, 1.82) is 0 Å². The van der Waals surface area contributed by atoms with Gasteiger partial charge in [0.2, 0.25) is 0 Å². The van der Waals surface area contributed by atoms with Gasteiger partial charge in [0.15, 0.2) is 11.5 Å². The van der Waals surface area contributed by atoms with Crippen molar-refractivity contribution in [2.75, 3.05) is 14.2 Å². The second-order valence-electron chi connectivity index (χ2n) is 6.42. The molecule has 134 valence electrons. The van der Waals surface area contributed by atoms with E-state index in [9.17, 15) is 5.11 Å². The second-order valence-corrected chi connectivity index (χ2v) is 6.42. The first kappa shape index (κ1) is 18.0. The maximum atomic E-state index is 9.36. The van der Waals surface area contributed by atoms with Crippen LogP contribution in [0.4, 0.5) is 0 Å². The minimum absolute atomic E-state index is 0.0404. The maximum Gasteiger partial charge on any atom is 0.161 e. The zero-order chi connectivity index (χ0) is 18.6. The Morgan fingerprint density at radius 2 is 1.31 bits per heavy atom. The minimum atomic E-state index is -0.366. The third-order valence-electron chi connectivity index (χ3n) is 5.03. The van der Waals surface area contributed by atoms with Crippen LogP contribution in [0, 0.1) is 0 Å². The molecule has 3 rings (SSSR count). The van der Waals surface area contributed by atoms with E-state index in [1.807, 2.05) is 30.3 Å². The lowest BCUT2D eigenvalue weighted by molar-refractivity contribution is 0.282. The Bertz CT molecular complexity index is 856. The monoisotopic (exact) mass is 348 g/mol. The van der Waals surface area contributed by atoms with E-state index in [-0.39, 0.29) is 12.0 Å². The molecule has 0 aliphatic carbocycles. The lowest BCUT2D eigenvalue weighted by atomic mass is 9.71. The molecule has 3 heteroatoms. The molecule has 0 amide bonds. The molecule has 0 spiro atoms. The van der Waals surface area contributed by atoms with Gasteiger partial charge in [-0.15, -0.1) is 0 Å². The van der Waals surface area contributed by atoms with E-state index in [0.717, 1.165) is 16.7 Å². The third kappa shape index (κ3) is 3.18. The van der Waals surface area contributed by atoms with E-state index < -0.39 is 0 Å². The number of aliphatic hydroxyl groups excluding tert-OH is 1. The van der Waals surface area contributed by atoms with Crippen LogP contribution in [0.1, 0.15) is 29.2 Å². The largest absolute Gasteiger partial charge is 0.493 e. The van der Waals surface area contributed by atoms with Crippen LogP contribution in [0.3, 0.4) is 0 Å². The minimum Gasteiger partial charge on any atom is -0.493 e. The van der Waals surface area contributed by atoms with Crippen molar-refractivity contribution >= 4 is 0 Å². The molecule has 1 unspecified atom stereocenters. The summed E-state index contributed by atoms with van der Waals surface area (Å²) >= 11 is 0. The zero-order valence-corrected chi connectivity index (χ0v) is 15.4. The predicted octanol–water partition coefficient (Wildman–Crippen LogP) is 4.55. The van der Waals surface area contributed by atoms with Crippen LogP contribution in [0.15, 0.2) is 72.8 Å². The van der Waals surface area contributed by atoms with Gasteiger partial charge in [-0.2, -0.15) is 0 Å². The van der Waals surface area contributed by atoms with Gasteiger partial charge in [-0.1, -0.05) is 60.7 Å². The maximum absolute atomic E-state index is 9.36. The van der Waals surface area contributed by atoms with Gasteiger partial charge in [0.1, 0.15) is 0 Å². The first-order valence-corrected chi connectivity index (χ1v) is 8.61. The zero-order valence-electron chi connectivity index (χ0n) is 15.4. The van der Waals surface area contributed by atoms with Crippen LogP contribution in [-0.2, 0) is 12.0 Å². The van der Waals surface area contributed by atoms with Crippen molar-refractivity contribution in [2.45, 2.75) is 18.9 Å². The van der Waals surface area contributed by atoms with E-state index in [1.165, 1.54) is 5.56 Å². The molecule has 1 atom stereocenters. The molecule has 0 heterocycles. The summed E-state index contributed by atoms with van der Waals surface area (Å²) in [5, 5.41) is 9.36. The van der Waals surface area contributed by atoms with Gasteiger partial charge in [0.05, 0.1) is 20.8 Å². The number of ether oxygens (including phenoxy) is 2. The highest BCUT2D eigenvalue weighted by Gasteiger charge is 2.32. The van der Waals surface area contributed by atoms with E-state index in [4.69, 9.17) is 9.47 Å². The fourth-order valence-electron chi connectivity index (χ4n) is 3.36. The summed E-state index contributed by atoms with van der Waals surface area (Å²) in [6.07, 6.45) is 0. The Labute approximate surface area is 154 Å². The van der Waals surface area contributed by atoms with Crippen LogP contribution in [0.5, 0.6) is 11.5 Å². The number of benzene rings is 3. The van der Waals surface area contributed by atoms with Gasteiger partial charge in [0.25, 0.3) is 0 Å². The van der Waals surface area contributed by atoms with Crippen molar-refractivity contribution in [3.63, 3.8) is 0 Å². The summed E-state index contributed by atoms with van der Waals surface area (Å²) in [5.74, 6) is 1.42. The molecule has 0 aliphatic rings. The van der Waals surface area contributed by atoms with E-state index in [2.05, 4.69) is 49.4 Å². The molecule has 0 aromatic heterocycles. The van der Waals surface area contributed by atoms with E-state index in [1.54, 1.807) is 14.2 Å². The standard InChI is InChI=1S/C23H24O3/c1-23(18-7-5-4-6-8-18,19-11-9-17(16-24)10-12-19)20-13-14-21(25-2)22(15-20)26-3/h4-15,24H,16H2,1-3H3. The van der Waals surface area contributed by atoms with Gasteiger partial charge < -0.3 is 14.6 Å². The number of aliphatic hydroxyl groups is 1. The van der Waals surface area contributed by atoms with Crippen LogP contribution < -0.4 is 9.47 Å². The van der Waals surface area contributed by atoms with Crippen LogP contribution in [0.25, 0.3) is 0 Å². The summed E-state index contributed by atoms with van der Waals surface area (Å²) in [6, 6.07) is 24.5. The van der Waals surface area contributed by atoms with Gasteiger partial charge in [0, 0.05) is 5.41 Å². The second kappa shape index (κ2) is 7.63. The highest BCUT2D eigenvalue weighted by molar-refractivity contribution is 5.54. The van der Waals surface area contributed by atoms with Crippen molar-refractivity contribution in [3.05, 3.63) is 95.1 Å². The summed E-state index contributed by atoms with van der Waals surface area (Å²) in [4.78, 5) is 0. The summed E-state index contributed by atoms with van der Waals surface area (Å²) in [5.41, 5.74) is 3.97. The predicted molar refractivity (Wildman–Crippen MR) is 104 cm³/mol. The van der Waals surface area contributed by atoms with Gasteiger partial charge in [-0.3, -0.25) is 0 Å². The molecule has 0 radical (unpaired) electrons. The lowest BCUT2D eigenvalue weighted by Crippen LogP contribution is -2.25. The van der Waals surface area contributed by atoms with Crippen molar-refractivity contribution < 1.29 is 14.6 Å². The Kier molecular flexibility index (Phi) is 5.29. The molecular weight excluding hydrogens is 324 g/mol. The average Bonchev–Trinajstić information content (AvgIpc) is 2.73. The topological polar surface area (TPSA) is 38.7 Å². The fraction of sp³-hybridized carbons (Fsp3) is 0.217. The highest BCUT2D eigenvalue weighted by Crippen LogP contribution is 2.41. The molecule has 0 saturated carbocycles. The normalized spacial score (nSPS) is 13.1. The number of hydrogen-bond acceptors (Lipinski definition) is 3. The lowest BCUT2D eigenvalue weighted by Gasteiger charge is -2.32. The van der Waals surface area contributed by atoms with Gasteiger partial charge >= 0.3 is 0 Å². The van der Waals surface area contributed by atoms with Gasteiger partial charge in [-0.05, 0) is 41.3 Å². The fourth-order valence-corrected chi connectivity index (χ4v) is 3.36. The average molecular weight is 348 g/mol. The molecular formula is C23H24O3. The summed E-state index contributed by atoms with van der Waals surface area (Å²) in [6.45, 7) is 2.25. The molecule has 3 aromatic rings. The Balaban J connectivity index is 2.21. The van der Waals surface area contributed by atoms with Crippen LogP contribution in [-0.4, -0.2) is 19.3 Å². The first-order valence-electron chi connectivity index (χ1n) is 8.61. The molecule has 0 aliphatic heterocycles. The smallest absolute Gasteiger partial charge is 0.161 e. The highest BCUT2D eigenvalue weighted by atomic mass is 16.5. The van der Waals surface area contributed by atoms with Gasteiger partial charge in [-0.25, -0.2) is 0 Å². The van der Waals surface area contributed by atoms with E-state index >= 15 is 0 Å². The third-order valence-corrected chi connectivity index (χ3v) is 5.03. The molecule has 0 fully saturated rings. The van der Waals surface area contributed by atoms with Crippen molar-refractivity contribution in [3.8, 4) is 11.5 Å². The first-order chi connectivity index (χ1) is 12.6. The Hall–Kier alpha value is -2.78. The Morgan fingerprint density at radius 3 is 1.88 bits per heavy atom. The van der Waals surface area contributed by atoms with Crippen LogP contribution >= 0.6 is 0 Å². The van der Waals surface area contributed by atoms with E-state index in [0.29, 0.717) is 11.5 Å². The molecule has 0 saturated heterocycles. The molecule has 3 aromatic carbocycles. The summed E-state index contributed by atoms with van der Waals surface area (Å²) < 4.78 is 10.9. The Morgan fingerprint density at radius 1 is 0.731 bits per heavy atom. The molecule has 0 bridgehead atoms. The molecule has 3 nitrogen and oxygen atoms in total.